The first-order chi connectivity index (χ1) is 10.2. The van der Waals surface area contributed by atoms with Gasteiger partial charge < -0.3 is 10.1 Å². The SMILES string of the molecule is O=S(=O)(c1ccccc1)c1ccccc1C1CNCCO1. The summed E-state index contributed by atoms with van der Waals surface area (Å²) in [5.74, 6) is 0. The molecule has 0 saturated carbocycles. The minimum absolute atomic E-state index is 0.228. The Balaban J connectivity index is 2.06. The number of morpholine rings is 1. The van der Waals surface area contributed by atoms with Crippen molar-refractivity contribution >= 4 is 9.84 Å². The van der Waals surface area contributed by atoms with E-state index in [0.29, 0.717) is 28.5 Å². The summed E-state index contributed by atoms with van der Waals surface area (Å²) in [6.45, 7) is 2.01. The average Bonchev–Trinajstić information content (AvgIpc) is 2.56. The third-order valence-corrected chi connectivity index (χ3v) is 5.38. The molecule has 1 atom stereocenters. The Labute approximate surface area is 124 Å². The van der Waals surface area contributed by atoms with Crippen molar-refractivity contribution in [3.05, 3.63) is 60.2 Å². The molecular formula is C16H17NO3S. The van der Waals surface area contributed by atoms with Crippen LogP contribution in [0.3, 0.4) is 0 Å². The number of nitrogens with one attached hydrogen (secondary N) is 1. The normalized spacial score (nSPS) is 19.3. The molecule has 1 heterocycles. The first-order valence-corrected chi connectivity index (χ1v) is 8.39. The summed E-state index contributed by atoms with van der Waals surface area (Å²) in [5, 5.41) is 3.23. The monoisotopic (exact) mass is 303 g/mol. The van der Waals surface area contributed by atoms with Crippen LogP contribution in [0.2, 0.25) is 0 Å². The second kappa shape index (κ2) is 5.97. The Morgan fingerprint density at radius 1 is 1.00 bits per heavy atom. The number of benzene rings is 2. The van der Waals surface area contributed by atoms with Gasteiger partial charge in [-0.1, -0.05) is 36.4 Å². The van der Waals surface area contributed by atoms with Crippen molar-refractivity contribution in [1.82, 2.24) is 5.32 Å². The molecular weight excluding hydrogens is 286 g/mol. The number of hydrogen-bond donors (Lipinski definition) is 1. The van der Waals surface area contributed by atoms with E-state index in [1.165, 1.54) is 0 Å². The van der Waals surface area contributed by atoms with Gasteiger partial charge in [0.05, 0.1) is 22.5 Å². The second-order valence-corrected chi connectivity index (χ2v) is 6.84. The zero-order valence-electron chi connectivity index (χ0n) is 11.5. The molecule has 4 nitrogen and oxygen atoms in total. The summed E-state index contributed by atoms with van der Waals surface area (Å²) >= 11 is 0. The quantitative estimate of drug-likeness (QED) is 0.944. The van der Waals surface area contributed by atoms with Gasteiger partial charge in [-0.15, -0.1) is 0 Å². The van der Waals surface area contributed by atoms with Crippen LogP contribution < -0.4 is 5.32 Å². The Hall–Kier alpha value is -1.69. The first-order valence-electron chi connectivity index (χ1n) is 6.91. The first kappa shape index (κ1) is 14.3. The van der Waals surface area contributed by atoms with Crippen LogP contribution in [-0.4, -0.2) is 28.1 Å². The lowest BCUT2D eigenvalue weighted by Crippen LogP contribution is -2.34. The molecule has 2 aromatic carbocycles. The van der Waals surface area contributed by atoms with E-state index < -0.39 is 9.84 Å². The maximum absolute atomic E-state index is 12.8. The molecule has 0 radical (unpaired) electrons. The van der Waals surface area contributed by atoms with Gasteiger partial charge in [-0.25, -0.2) is 8.42 Å². The fourth-order valence-corrected chi connectivity index (χ4v) is 4.02. The van der Waals surface area contributed by atoms with Gasteiger partial charge >= 0.3 is 0 Å². The van der Waals surface area contributed by atoms with Crippen molar-refractivity contribution in [2.45, 2.75) is 15.9 Å². The predicted molar refractivity (Wildman–Crippen MR) is 79.9 cm³/mol. The topological polar surface area (TPSA) is 55.4 Å². The van der Waals surface area contributed by atoms with E-state index in [0.717, 1.165) is 6.54 Å². The van der Waals surface area contributed by atoms with Gasteiger partial charge in [0.1, 0.15) is 0 Å². The number of hydrogen-bond acceptors (Lipinski definition) is 4. The highest BCUT2D eigenvalue weighted by Gasteiger charge is 2.26. The highest BCUT2D eigenvalue weighted by atomic mass is 32.2. The molecule has 1 N–H and O–H groups in total. The van der Waals surface area contributed by atoms with Crippen LogP contribution in [0.25, 0.3) is 0 Å². The molecule has 1 unspecified atom stereocenters. The largest absolute Gasteiger partial charge is 0.371 e. The van der Waals surface area contributed by atoms with Crippen LogP contribution in [0.15, 0.2) is 64.4 Å². The van der Waals surface area contributed by atoms with Crippen LogP contribution in [0.4, 0.5) is 0 Å². The van der Waals surface area contributed by atoms with Crippen molar-refractivity contribution < 1.29 is 13.2 Å². The van der Waals surface area contributed by atoms with E-state index >= 15 is 0 Å². The zero-order valence-corrected chi connectivity index (χ0v) is 12.3. The molecule has 1 fully saturated rings. The van der Waals surface area contributed by atoms with Crippen LogP contribution in [0, 0.1) is 0 Å². The lowest BCUT2D eigenvalue weighted by molar-refractivity contribution is 0.0260. The summed E-state index contributed by atoms with van der Waals surface area (Å²) in [6, 6.07) is 15.6. The Morgan fingerprint density at radius 2 is 1.71 bits per heavy atom. The van der Waals surface area contributed by atoms with Gasteiger partial charge in [0, 0.05) is 18.7 Å². The summed E-state index contributed by atoms with van der Waals surface area (Å²) in [6.07, 6.45) is -0.228. The molecule has 3 rings (SSSR count). The molecule has 1 aliphatic heterocycles. The van der Waals surface area contributed by atoms with Crippen molar-refractivity contribution in [2.75, 3.05) is 19.7 Å². The predicted octanol–water partition coefficient (Wildman–Crippen LogP) is 2.18. The maximum atomic E-state index is 12.8. The summed E-state index contributed by atoms with van der Waals surface area (Å²) < 4.78 is 31.4. The minimum atomic E-state index is -3.53. The molecule has 0 aliphatic carbocycles. The molecule has 1 saturated heterocycles. The second-order valence-electron chi connectivity index (χ2n) is 4.92. The minimum Gasteiger partial charge on any atom is -0.371 e. The summed E-state index contributed by atoms with van der Waals surface area (Å²) in [7, 11) is -3.53. The van der Waals surface area contributed by atoms with Gasteiger partial charge in [0.25, 0.3) is 0 Å². The van der Waals surface area contributed by atoms with Crippen molar-refractivity contribution in [1.29, 1.82) is 0 Å². The van der Waals surface area contributed by atoms with E-state index in [2.05, 4.69) is 5.32 Å². The Kier molecular flexibility index (Phi) is 4.05. The fraction of sp³-hybridized carbons (Fsp3) is 0.250. The summed E-state index contributed by atoms with van der Waals surface area (Å²) in [5.41, 5.74) is 0.716. The summed E-state index contributed by atoms with van der Waals surface area (Å²) in [4.78, 5) is 0.631. The van der Waals surface area contributed by atoms with Crippen LogP contribution in [0.5, 0.6) is 0 Å². The van der Waals surface area contributed by atoms with E-state index in [4.69, 9.17) is 4.74 Å². The third-order valence-electron chi connectivity index (χ3n) is 3.54. The maximum Gasteiger partial charge on any atom is 0.206 e. The lowest BCUT2D eigenvalue weighted by atomic mass is 10.1. The zero-order chi connectivity index (χ0) is 14.7. The molecule has 110 valence electrons. The van der Waals surface area contributed by atoms with Crippen LogP contribution >= 0.6 is 0 Å². The molecule has 0 spiro atoms. The van der Waals surface area contributed by atoms with Crippen molar-refractivity contribution in [3.8, 4) is 0 Å². The molecule has 1 aliphatic rings. The fourth-order valence-electron chi connectivity index (χ4n) is 2.48. The molecule has 5 heteroatoms. The highest BCUT2D eigenvalue weighted by molar-refractivity contribution is 7.91. The standard InChI is InChI=1S/C16H17NO3S/c18-21(19,13-6-2-1-3-7-13)16-9-5-4-8-14(16)15-12-17-10-11-20-15/h1-9,15,17H,10-12H2. The Bertz CT molecular complexity index is 707. The van der Waals surface area contributed by atoms with Crippen LogP contribution in [0.1, 0.15) is 11.7 Å². The van der Waals surface area contributed by atoms with Gasteiger partial charge in [0.2, 0.25) is 9.84 Å². The highest BCUT2D eigenvalue weighted by Crippen LogP contribution is 2.30. The van der Waals surface area contributed by atoms with E-state index in [1.54, 1.807) is 42.5 Å². The Morgan fingerprint density at radius 3 is 2.43 bits per heavy atom. The van der Waals surface area contributed by atoms with Crippen molar-refractivity contribution in [2.24, 2.45) is 0 Å². The number of sulfone groups is 1. The van der Waals surface area contributed by atoms with Crippen LogP contribution in [-0.2, 0) is 14.6 Å². The average molecular weight is 303 g/mol. The number of ether oxygens (including phenoxy) is 1. The van der Waals surface area contributed by atoms with Crippen molar-refractivity contribution in [3.63, 3.8) is 0 Å². The van der Waals surface area contributed by atoms with Gasteiger partial charge in [-0.2, -0.15) is 0 Å². The number of rotatable bonds is 3. The smallest absolute Gasteiger partial charge is 0.206 e. The van der Waals surface area contributed by atoms with Gasteiger partial charge in [-0.05, 0) is 18.2 Å². The van der Waals surface area contributed by atoms with E-state index in [-0.39, 0.29) is 6.10 Å². The molecule has 21 heavy (non-hydrogen) atoms. The van der Waals surface area contributed by atoms with Gasteiger partial charge in [0.15, 0.2) is 0 Å². The molecule has 2 aromatic rings. The van der Waals surface area contributed by atoms with E-state index in [1.807, 2.05) is 12.1 Å². The molecule has 0 amide bonds. The van der Waals surface area contributed by atoms with E-state index in [9.17, 15) is 8.42 Å². The molecule has 0 aromatic heterocycles. The third kappa shape index (κ3) is 2.85. The lowest BCUT2D eigenvalue weighted by Gasteiger charge is -2.25. The molecule has 0 bridgehead atoms. The van der Waals surface area contributed by atoms with Gasteiger partial charge in [-0.3, -0.25) is 0 Å².